The Morgan fingerprint density at radius 1 is 1.47 bits per heavy atom. The second-order valence-corrected chi connectivity index (χ2v) is 5.34. The van der Waals surface area contributed by atoms with E-state index >= 15 is 0 Å². The second kappa shape index (κ2) is 4.80. The lowest BCUT2D eigenvalue weighted by atomic mass is 10.2. The third-order valence-corrected chi connectivity index (χ3v) is 3.20. The number of hydrogen-bond donors (Lipinski definition) is 2. The highest BCUT2D eigenvalue weighted by Crippen LogP contribution is 2.23. The van der Waals surface area contributed by atoms with Crippen LogP contribution in [-0.2, 0) is 0 Å². The minimum atomic E-state index is -0.411. The number of aromatic hydroxyl groups is 1. The first-order valence-electron chi connectivity index (χ1n) is 4.66. The number of aryl methyl sites for hydroxylation is 1. The van der Waals surface area contributed by atoms with Crippen LogP contribution >= 0.6 is 27.3 Å². The highest BCUT2D eigenvalue weighted by atomic mass is 79.9. The first-order valence-corrected chi connectivity index (χ1v) is 6.27. The van der Waals surface area contributed by atoms with Crippen molar-refractivity contribution in [3.05, 3.63) is 33.2 Å². The van der Waals surface area contributed by atoms with Crippen LogP contribution in [0.15, 0.2) is 22.7 Å². The van der Waals surface area contributed by atoms with Crippen LogP contribution in [0.4, 0.5) is 5.13 Å². The fourth-order valence-corrected chi connectivity index (χ4v) is 2.14. The van der Waals surface area contributed by atoms with E-state index in [1.807, 2.05) is 0 Å². The molecule has 1 aromatic carbocycles. The van der Waals surface area contributed by atoms with Gasteiger partial charge in [-0.05, 0) is 25.1 Å². The van der Waals surface area contributed by atoms with E-state index in [0.29, 0.717) is 9.60 Å². The molecule has 1 aromatic heterocycles. The van der Waals surface area contributed by atoms with Crippen LogP contribution in [0, 0.1) is 6.92 Å². The molecule has 88 valence electrons. The van der Waals surface area contributed by atoms with Gasteiger partial charge in [0.1, 0.15) is 10.8 Å². The number of hydrogen-bond acceptors (Lipinski definition) is 5. The van der Waals surface area contributed by atoms with Gasteiger partial charge in [-0.3, -0.25) is 10.1 Å². The molecule has 0 aliphatic carbocycles. The topological polar surface area (TPSA) is 75.1 Å². The number of carbonyl (C=O) groups excluding carboxylic acids is 1. The minimum Gasteiger partial charge on any atom is -0.507 e. The summed E-state index contributed by atoms with van der Waals surface area (Å²) in [6.45, 7) is 1.80. The van der Waals surface area contributed by atoms with Gasteiger partial charge in [0.25, 0.3) is 5.91 Å². The number of carbonyl (C=O) groups is 1. The van der Waals surface area contributed by atoms with Crippen LogP contribution in [-0.4, -0.2) is 21.2 Å². The van der Waals surface area contributed by atoms with Gasteiger partial charge in [0.2, 0.25) is 5.13 Å². The van der Waals surface area contributed by atoms with Crippen LogP contribution in [0.5, 0.6) is 5.75 Å². The number of benzene rings is 1. The van der Waals surface area contributed by atoms with E-state index in [4.69, 9.17) is 0 Å². The van der Waals surface area contributed by atoms with Crippen molar-refractivity contribution in [3.8, 4) is 5.75 Å². The van der Waals surface area contributed by atoms with E-state index in [1.165, 1.54) is 23.5 Å². The Morgan fingerprint density at radius 2 is 2.24 bits per heavy atom. The summed E-state index contributed by atoms with van der Waals surface area (Å²) < 4.78 is 0.707. The standard InChI is InChI=1S/C10H8BrN3O2S/c1-5-13-14-10(17-5)12-9(16)7-3-2-6(11)4-8(7)15/h2-4,15H,1H3,(H,12,14,16). The summed E-state index contributed by atoms with van der Waals surface area (Å²) in [6.07, 6.45) is 0. The number of halogens is 1. The number of rotatable bonds is 2. The van der Waals surface area contributed by atoms with Crippen LogP contribution in [0.1, 0.15) is 15.4 Å². The normalized spacial score (nSPS) is 10.2. The van der Waals surface area contributed by atoms with Crippen molar-refractivity contribution in [2.24, 2.45) is 0 Å². The number of nitrogens with one attached hydrogen (secondary N) is 1. The number of phenols is 1. The van der Waals surface area contributed by atoms with Gasteiger partial charge in [-0.15, -0.1) is 10.2 Å². The highest BCUT2D eigenvalue weighted by molar-refractivity contribution is 9.10. The first-order chi connectivity index (χ1) is 8.06. The zero-order chi connectivity index (χ0) is 12.4. The Balaban J connectivity index is 2.20. The minimum absolute atomic E-state index is 0.0851. The molecule has 5 nitrogen and oxygen atoms in total. The highest BCUT2D eigenvalue weighted by Gasteiger charge is 2.13. The monoisotopic (exact) mass is 313 g/mol. The van der Waals surface area contributed by atoms with Gasteiger partial charge in [-0.25, -0.2) is 0 Å². The fourth-order valence-electron chi connectivity index (χ4n) is 1.21. The lowest BCUT2D eigenvalue weighted by Gasteiger charge is -2.03. The van der Waals surface area contributed by atoms with Gasteiger partial charge < -0.3 is 5.11 Å². The van der Waals surface area contributed by atoms with Gasteiger partial charge >= 0.3 is 0 Å². The van der Waals surface area contributed by atoms with Crippen LogP contribution in [0.25, 0.3) is 0 Å². The molecular formula is C10H8BrN3O2S. The van der Waals surface area contributed by atoms with Crippen molar-refractivity contribution in [1.29, 1.82) is 0 Å². The molecule has 1 amide bonds. The molecule has 7 heteroatoms. The number of phenolic OH excluding ortho intramolecular Hbond substituents is 1. The maximum atomic E-state index is 11.8. The molecular weight excluding hydrogens is 306 g/mol. The van der Waals surface area contributed by atoms with Crippen molar-refractivity contribution in [3.63, 3.8) is 0 Å². The number of nitrogens with zero attached hydrogens (tertiary/aromatic N) is 2. The van der Waals surface area contributed by atoms with Crippen molar-refractivity contribution in [2.45, 2.75) is 6.92 Å². The Labute approximate surface area is 110 Å². The van der Waals surface area contributed by atoms with Crippen LogP contribution < -0.4 is 5.32 Å². The largest absolute Gasteiger partial charge is 0.507 e. The molecule has 0 aliphatic rings. The zero-order valence-corrected chi connectivity index (χ0v) is 11.2. The summed E-state index contributed by atoms with van der Waals surface area (Å²) in [4.78, 5) is 11.8. The number of anilines is 1. The molecule has 0 saturated carbocycles. The van der Waals surface area contributed by atoms with Crippen LogP contribution in [0.2, 0.25) is 0 Å². The van der Waals surface area contributed by atoms with E-state index in [1.54, 1.807) is 13.0 Å². The molecule has 0 radical (unpaired) electrons. The van der Waals surface area contributed by atoms with E-state index in [2.05, 4.69) is 31.4 Å². The third-order valence-electron chi connectivity index (χ3n) is 1.95. The molecule has 0 aliphatic heterocycles. The predicted molar refractivity (Wildman–Crippen MR) is 68.4 cm³/mol. The molecule has 0 atom stereocenters. The smallest absolute Gasteiger partial charge is 0.261 e. The average molecular weight is 314 g/mol. The third kappa shape index (κ3) is 2.80. The van der Waals surface area contributed by atoms with E-state index in [0.717, 1.165) is 5.01 Å². The van der Waals surface area contributed by atoms with Crippen molar-refractivity contribution >= 4 is 38.3 Å². The lowest BCUT2D eigenvalue weighted by Crippen LogP contribution is -2.11. The first kappa shape index (κ1) is 12.0. The summed E-state index contributed by atoms with van der Waals surface area (Å²) in [5, 5.41) is 20.9. The van der Waals surface area contributed by atoms with Gasteiger partial charge in [0.15, 0.2) is 0 Å². The van der Waals surface area contributed by atoms with Gasteiger partial charge in [-0.1, -0.05) is 27.3 Å². The SMILES string of the molecule is Cc1nnc(NC(=O)c2ccc(Br)cc2O)s1. The molecule has 1 heterocycles. The fraction of sp³-hybridized carbons (Fsp3) is 0.100. The average Bonchev–Trinajstić information content (AvgIpc) is 2.63. The zero-order valence-electron chi connectivity index (χ0n) is 8.77. The Morgan fingerprint density at radius 3 is 2.82 bits per heavy atom. The van der Waals surface area contributed by atoms with E-state index in [9.17, 15) is 9.90 Å². The molecule has 0 bridgehead atoms. The molecule has 17 heavy (non-hydrogen) atoms. The van der Waals surface area contributed by atoms with Gasteiger partial charge in [-0.2, -0.15) is 0 Å². The van der Waals surface area contributed by atoms with Crippen molar-refractivity contribution in [1.82, 2.24) is 10.2 Å². The van der Waals surface area contributed by atoms with E-state index in [-0.39, 0.29) is 11.3 Å². The summed E-state index contributed by atoms with van der Waals surface area (Å²) in [5.74, 6) is -0.496. The molecule has 0 fully saturated rings. The summed E-state index contributed by atoms with van der Waals surface area (Å²) in [6, 6.07) is 4.67. The second-order valence-electron chi connectivity index (χ2n) is 3.24. The summed E-state index contributed by atoms with van der Waals surface area (Å²) in [5.41, 5.74) is 0.195. The Hall–Kier alpha value is -1.47. The Kier molecular flexibility index (Phi) is 3.39. The molecule has 0 spiro atoms. The van der Waals surface area contributed by atoms with Crippen molar-refractivity contribution in [2.75, 3.05) is 5.32 Å². The molecule has 0 saturated heterocycles. The molecule has 2 aromatic rings. The molecule has 0 unspecified atom stereocenters. The summed E-state index contributed by atoms with van der Waals surface area (Å²) in [7, 11) is 0. The quantitative estimate of drug-likeness (QED) is 0.893. The molecule has 2 rings (SSSR count). The number of aromatic nitrogens is 2. The Bertz CT molecular complexity index is 570. The van der Waals surface area contributed by atoms with Crippen LogP contribution in [0.3, 0.4) is 0 Å². The maximum absolute atomic E-state index is 11.8. The molecule has 2 N–H and O–H groups in total. The number of amides is 1. The lowest BCUT2D eigenvalue weighted by molar-refractivity contribution is 0.102. The predicted octanol–water partition coefficient (Wildman–Crippen LogP) is 2.57. The maximum Gasteiger partial charge on any atom is 0.261 e. The van der Waals surface area contributed by atoms with E-state index < -0.39 is 5.91 Å². The van der Waals surface area contributed by atoms with Crippen molar-refractivity contribution < 1.29 is 9.90 Å². The summed E-state index contributed by atoms with van der Waals surface area (Å²) >= 11 is 4.48. The van der Waals surface area contributed by atoms with Gasteiger partial charge in [0.05, 0.1) is 5.56 Å². The van der Waals surface area contributed by atoms with Gasteiger partial charge in [0, 0.05) is 4.47 Å².